The normalized spacial score (nSPS) is 30.6. The molecule has 1 saturated carbocycles. The largest absolute Gasteiger partial charge is 0.317 e. The first kappa shape index (κ1) is 12.6. The van der Waals surface area contributed by atoms with E-state index in [0.29, 0.717) is 0 Å². The summed E-state index contributed by atoms with van der Waals surface area (Å²) in [5.41, 5.74) is 0. The van der Waals surface area contributed by atoms with Gasteiger partial charge >= 0.3 is 0 Å². The van der Waals surface area contributed by atoms with Crippen molar-refractivity contribution in [3.63, 3.8) is 0 Å². The van der Waals surface area contributed by atoms with Gasteiger partial charge in [0.15, 0.2) is 0 Å². The van der Waals surface area contributed by atoms with E-state index in [-0.39, 0.29) is 0 Å². The Labute approximate surface area is 111 Å². The van der Waals surface area contributed by atoms with E-state index in [4.69, 9.17) is 0 Å². The Kier molecular flexibility index (Phi) is 4.45. The van der Waals surface area contributed by atoms with E-state index in [2.05, 4.69) is 46.7 Å². The molecule has 3 unspecified atom stereocenters. The van der Waals surface area contributed by atoms with Crippen molar-refractivity contribution in [2.45, 2.75) is 38.6 Å². The molecule has 0 aromatic carbocycles. The summed E-state index contributed by atoms with van der Waals surface area (Å²) in [6.45, 7) is 2.39. The van der Waals surface area contributed by atoms with Gasteiger partial charge in [0, 0.05) is 20.8 Å². The monoisotopic (exact) mass is 301 g/mol. The number of rotatable bonds is 3. The molecule has 0 spiro atoms. The van der Waals surface area contributed by atoms with Crippen LogP contribution in [-0.2, 0) is 6.42 Å². The van der Waals surface area contributed by atoms with E-state index in [1.54, 1.807) is 0 Å². The Hall–Kier alpha value is 0.140. The Morgan fingerprint density at radius 1 is 1.50 bits per heavy atom. The first-order valence-corrected chi connectivity index (χ1v) is 7.76. The van der Waals surface area contributed by atoms with Gasteiger partial charge in [-0.3, -0.25) is 0 Å². The predicted octanol–water partition coefficient (Wildman–Crippen LogP) is 4.08. The van der Waals surface area contributed by atoms with Crippen LogP contribution in [0.15, 0.2) is 15.9 Å². The zero-order valence-electron chi connectivity index (χ0n) is 10.0. The number of hydrogen-bond acceptors (Lipinski definition) is 2. The molecule has 0 radical (unpaired) electrons. The van der Waals surface area contributed by atoms with Crippen molar-refractivity contribution in [2.75, 3.05) is 7.05 Å². The topological polar surface area (TPSA) is 12.0 Å². The van der Waals surface area contributed by atoms with Gasteiger partial charge in [0.1, 0.15) is 0 Å². The number of nitrogens with one attached hydrogen (secondary N) is 1. The van der Waals surface area contributed by atoms with Gasteiger partial charge in [-0.2, -0.15) is 0 Å². The van der Waals surface area contributed by atoms with E-state index in [1.807, 2.05) is 11.3 Å². The van der Waals surface area contributed by atoms with Crippen LogP contribution in [0.25, 0.3) is 0 Å². The lowest BCUT2D eigenvalue weighted by atomic mass is 9.77. The molecule has 1 heterocycles. The minimum absolute atomic E-state index is 0.720. The van der Waals surface area contributed by atoms with Crippen LogP contribution in [0.3, 0.4) is 0 Å². The highest BCUT2D eigenvalue weighted by Gasteiger charge is 2.27. The molecule has 16 heavy (non-hydrogen) atoms. The second-order valence-electron chi connectivity index (χ2n) is 5.01. The standard InChI is InChI=1S/C13H20BrNS/c1-9-3-4-13(15-2)10(5-9)6-12-7-11(14)8-16-12/h7-10,13,15H,3-6H2,1-2H3. The molecule has 0 saturated heterocycles. The van der Waals surface area contributed by atoms with Crippen LogP contribution in [-0.4, -0.2) is 13.1 Å². The zero-order chi connectivity index (χ0) is 11.5. The van der Waals surface area contributed by atoms with Crippen LogP contribution in [0.2, 0.25) is 0 Å². The molecule has 0 amide bonds. The highest BCUT2D eigenvalue weighted by atomic mass is 79.9. The second kappa shape index (κ2) is 5.65. The van der Waals surface area contributed by atoms with Crippen molar-refractivity contribution >= 4 is 27.3 Å². The van der Waals surface area contributed by atoms with Crippen molar-refractivity contribution < 1.29 is 0 Å². The minimum atomic E-state index is 0.720. The van der Waals surface area contributed by atoms with E-state index in [9.17, 15) is 0 Å². The minimum Gasteiger partial charge on any atom is -0.317 e. The summed E-state index contributed by atoms with van der Waals surface area (Å²) in [4.78, 5) is 1.52. The van der Waals surface area contributed by atoms with Crippen molar-refractivity contribution in [1.82, 2.24) is 5.32 Å². The maximum Gasteiger partial charge on any atom is 0.0285 e. The lowest BCUT2D eigenvalue weighted by molar-refractivity contribution is 0.221. The highest BCUT2D eigenvalue weighted by Crippen LogP contribution is 2.33. The molecular formula is C13H20BrNS. The number of halogens is 1. The molecule has 1 aliphatic carbocycles. The molecular weight excluding hydrogens is 282 g/mol. The summed E-state index contributed by atoms with van der Waals surface area (Å²) in [7, 11) is 2.11. The molecule has 1 aromatic heterocycles. The van der Waals surface area contributed by atoms with Gasteiger partial charge < -0.3 is 5.32 Å². The van der Waals surface area contributed by atoms with Gasteiger partial charge in [0.2, 0.25) is 0 Å². The third-order valence-electron chi connectivity index (χ3n) is 3.70. The Morgan fingerprint density at radius 2 is 2.31 bits per heavy atom. The predicted molar refractivity (Wildman–Crippen MR) is 75.1 cm³/mol. The smallest absolute Gasteiger partial charge is 0.0285 e. The van der Waals surface area contributed by atoms with Gasteiger partial charge in [0.05, 0.1) is 0 Å². The summed E-state index contributed by atoms with van der Waals surface area (Å²) in [6, 6.07) is 2.99. The summed E-state index contributed by atoms with van der Waals surface area (Å²) in [5.74, 6) is 1.72. The van der Waals surface area contributed by atoms with E-state index in [1.165, 1.54) is 35.0 Å². The molecule has 1 N–H and O–H groups in total. The van der Waals surface area contributed by atoms with Gasteiger partial charge in [-0.1, -0.05) is 6.92 Å². The van der Waals surface area contributed by atoms with Crippen LogP contribution in [0.5, 0.6) is 0 Å². The van der Waals surface area contributed by atoms with Crippen LogP contribution in [0.4, 0.5) is 0 Å². The van der Waals surface area contributed by atoms with Gasteiger partial charge in [-0.25, -0.2) is 0 Å². The van der Waals surface area contributed by atoms with Crippen molar-refractivity contribution in [1.29, 1.82) is 0 Å². The number of hydrogen-bond donors (Lipinski definition) is 1. The lowest BCUT2D eigenvalue weighted by Crippen LogP contribution is -2.39. The molecule has 1 nitrogen and oxygen atoms in total. The molecule has 1 fully saturated rings. The fraction of sp³-hybridized carbons (Fsp3) is 0.692. The SMILES string of the molecule is CNC1CCC(C)CC1Cc1cc(Br)cs1. The first-order chi connectivity index (χ1) is 7.69. The van der Waals surface area contributed by atoms with Gasteiger partial charge in [-0.15, -0.1) is 11.3 Å². The van der Waals surface area contributed by atoms with E-state index >= 15 is 0 Å². The maximum atomic E-state index is 3.54. The average molecular weight is 302 g/mol. The van der Waals surface area contributed by atoms with Crippen molar-refractivity contribution in [3.8, 4) is 0 Å². The Morgan fingerprint density at radius 3 is 2.94 bits per heavy atom. The average Bonchev–Trinajstić information content (AvgIpc) is 2.64. The zero-order valence-corrected chi connectivity index (χ0v) is 12.4. The molecule has 1 aromatic rings. The highest BCUT2D eigenvalue weighted by molar-refractivity contribution is 9.10. The third kappa shape index (κ3) is 3.08. The molecule has 2 rings (SSSR count). The van der Waals surface area contributed by atoms with Gasteiger partial charge in [0.25, 0.3) is 0 Å². The van der Waals surface area contributed by atoms with Crippen LogP contribution < -0.4 is 5.32 Å². The lowest BCUT2D eigenvalue weighted by Gasteiger charge is -2.34. The van der Waals surface area contributed by atoms with E-state index < -0.39 is 0 Å². The molecule has 1 aliphatic rings. The van der Waals surface area contributed by atoms with Crippen LogP contribution in [0.1, 0.15) is 31.1 Å². The van der Waals surface area contributed by atoms with Crippen LogP contribution in [0, 0.1) is 11.8 Å². The fourth-order valence-corrected chi connectivity index (χ4v) is 4.37. The Bertz CT molecular complexity index is 336. The Balaban J connectivity index is 2.00. The summed E-state index contributed by atoms with van der Waals surface area (Å²) >= 11 is 5.42. The van der Waals surface area contributed by atoms with Gasteiger partial charge in [-0.05, 0) is 66.6 Å². The van der Waals surface area contributed by atoms with Crippen molar-refractivity contribution in [3.05, 3.63) is 20.8 Å². The molecule has 3 heteroatoms. The second-order valence-corrected chi connectivity index (χ2v) is 6.92. The summed E-state index contributed by atoms with van der Waals surface area (Å²) < 4.78 is 1.23. The molecule has 3 atom stereocenters. The maximum absolute atomic E-state index is 3.54. The molecule has 0 aliphatic heterocycles. The summed E-state index contributed by atoms with van der Waals surface area (Å²) in [6.07, 6.45) is 5.35. The molecule has 0 bridgehead atoms. The molecule has 90 valence electrons. The third-order valence-corrected chi connectivity index (χ3v) is 5.42. The first-order valence-electron chi connectivity index (χ1n) is 6.09. The van der Waals surface area contributed by atoms with Crippen LogP contribution >= 0.6 is 27.3 Å². The summed E-state index contributed by atoms with van der Waals surface area (Å²) in [5, 5.41) is 5.68. The quantitative estimate of drug-likeness (QED) is 0.887. The van der Waals surface area contributed by atoms with Crippen molar-refractivity contribution in [2.24, 2.45) is 11.8 Å². The number of thiophene rings is 1. The van der Waals surface area contributed by atoms with E-state index in [0.717, 1.165) is 17.9 Å². The fourth-order valence-electron chi connectivity index (χ4n) is 2.82.